The number of hydrogen-bond donors (Lipinski definition) is 0. The van der Waals surface area contributed by atoms with Crippen molar-refractivity contribution >= 4 is 5.91 Å². The van der Waals surface area contributed by atoms with Gasteiger partial charge in [-0.2, -0.15) is 0 Å². The molecular formula is C14H27N3O. The van der Waals surface area contributed by atoms with Crippen molar-refractivity contribution in [2.24, 2.45) is 0 Å². The summed E-state index contributed by atoms with van der Waals surface area (Å²) in [5, 5.41) is 0. The lowest BCUT2D eigenvalue weighted by Gasteiger charge is -2.41. The van der Waals surface area contributed by atoms with E-state index in [-0.39, 0.29) is 0 Å². The zero-order valence-corrected chi connectivity index (χ0v) is 11.9. The predicted molar refractivity (Wildman–Crippen MR) is 73.6 cm³/mol. The van der Waals surface area contributed by atoms with Crippen molar-refractivity contribution in [3.05, 3.63) is 0 Å². The minimum absolute atomic E-state index is 0.342. The van der Waals surface area contributed by atoms with Gasteiger partial charge in [-0.1, -0.05) is 6.92 Å². The number of piperidine rings is 1. The Balaban J connectivity index is 1.87. The first-order valence-electron chi connectivity index (χ1n) is 7.41. The smallest absolute Gasteiger partial charge is 0.222 e. The molecule has 2 rings (SSSR count). The van der Waals surface area contributed by atoms with Gasteiger partial charge in [0.05, 0.1) is 0 Å². The number of hydrogen-bond acceptors (Lipinski definition) is 3. The Labute approximate surface area is 111 Å². The lowest BCUT2D eigenvalue weighted by molar-refractivity contribution is -0.135. The molecule has 2 saturated heterocycles. The minimum Gasteiger partial charge on any atom is -0.338 e. The van der Waals surface area contributed by atoms with Crippen LogP contribution in [-0.2, 0) is 4.79 Å². The minimum atomic E-state index is 0.342. The van der Waals surface area contributed by atoms with Crippen molar-refractivity contribution in [3.63, 3.8) is 0 Å². The molecule has 4 nitrogen and oxygen atoms in total. The summed E-state index contributed by atoms with van der Waals surface area (Å²) in [4.78, 5) is 19.0. The van der Waals surface area contributed by atoms with Gasteiger partial charge in [-0.25, -0.2) is 0 Å². The highest BCUT2D eigenvalue weighted by Gasteiger charge is 2.28. The van der Waals surface area contributed by atoms with Crippen LogP contribution in [0.1, 0.15) is 32.6 Å². The molecule has 2 aliphatic heterocycles. The van der Waals surface area contributed by atoms with Crippen LogP contribution in [0.2, 0.25) is 0 Å². The fourth-order valence-corrected chi connectivity index (χ4v) is 3.05. The van der Waals surface area contributed by atoms with E-state index in [1.807, 2.05) is 6.92 Å². The van der Waals surface area contributed by atoms with Crippen molar-refractivity contribution in [2.75, 3.05) is 46.3 Å². The maximum absolute atomic E-state index is 12.0. The molecule has 0 saturated carbocycles. The molecule has 0 radical (unpaired) electrons. The number of nitrogens with zero attached hydrogens (tertiary/aromatic N) is 3. The molecular weight excluding hydrogens is 226 g/mol. The van der Waals surface area contributed by atoms with Crippen molar-refractivity contribution < 1.29 is 4.79 Å². The fraction of sp³-hybridized carbons (Fsp3) is 0.929. The van der Waals surface area contributed by atoms with Crippen LogP contribution >= 0.6 is 0 Å². The van der Waals surface area contributed by atoms with Crippen LogP contribution in [-0.4, -0.2) is 73.0 Å². The van der Waals surface area contributed by atoms with E-state index >= 15 is 0 Å². The summed E-state index contributed by atoms with van der Waals surface area (Å²) in [6.45, 7) is 8.67. The third-order valence-corrected chi connectivity index (χ3v) is 4.31. The molecule has 2 fully saturated rings. The molecule has 4 heteroatoms. The second kappa shape index (κ2) is 6.53. The first kappa shape index (κ1) is 13.8. The van der Waals surface area contributed by atoms with E-state index in [1.54, 1.807) is 0 Å². The predicted octanol–water partition coefficient (Wildman–Crippen LogP) is 1.02. The molecule has 104 valence electrons. The number of piperazine rings is 1. The van der Waals surface area contributed by atoms with Gasteiger partial charge < -0.3 is 9.80 Å². The Bertz CT molecular complexity index is 274. The lowest BCUT2D eigenvalue weighted by atomic mass is 10.0. The summed E-state index contributed by atoms with van der Waals surface area (Å²) in [7, 11) is 2.19. The summed E-state index contributed by atoms with van der Waals surface area (Å²) in [6, 6.07) is 0.467. The molecule has 2 aliphatic rings. The largest absolute Gasteiger partial charge is 0.338 e. The summed E-state index contributed by atoms with van der Waals surface area (Å²) in [5.41, 5.74) is 0. The molecule has 0 aliphatic carbocycles. The number of carbonyl (C=O) groups excluding carboxylic acids is 1. The Kier molecular flexibility index (Phi) is 5.01. The van der Waals surface area contributed by atoms with E-state index in [9.17, 15) is 4.79 Å². The molecule has 1 amide bonds. The van der Waals surface area contributed by atoms with Gasteiger partial charge in [0.2, 0.25) is 5.91 Å². The highest BCUT2D eigenvalue weighted by Crippen LogP contribution is 2.19. The van der Waals surface area contributed by atoms with Gasteiger partial charge in [0.25, 0.3) is 0 Å². The quantitative estimate of drug-likeness (QED) is 0.751. The average molecular weight is 253 g/mol. The maximum atomic E-state index is 12.0. The van der Waals surface area contributed by atoms with Crippen LogP contribution in [0.15, 0.2) is 0 Å². The van der Waals surface area contributed by atoms with E-state index in [0.29, 0.717) is 18.4 Å². The molecule has 0 spiro atoms. The van der Waals surface area contributed by atoms with Gasteiger partial charge in [-0.05, 0) is 26.3 Å². The molecule has 0 aromatic heterocycles. The first-order chi connectivity index (χ1) is 8.70. The van der Waals surface area contributed by atoms with Crippen LogP contribution in [0.5, 0.6) is 0 Å². The van der Waals surface area contributed by atoms with E-state index in [2.05, 4.69) is 21.7 Å². The standard InChI is InChI=1S/C14H27N3O/c1-3-14(18)17-7-5-4-6-13(17)12-16-10-8-15(2)9-11-16/h13H,3-12H2,1-2H3. The fourth-order valence-electron chi connectivity index (χ4n) is 3.05. The Morgan fingerprint density at radius 1 is 1.11 bits per heavy atom. The number of carbonyl (C=O) groups is 1. The zero-order chi connectivity index (χ0) is 13.0. The Morgan fingerprint density at radius 2 is 1.83 bits per heavy atom. The Morgan fingerprint density at radius 3 is 2.50 bits per heavy atom. The lowest BCUT2D eigenvalue weighted by Crippen LogP contribution is -2.53. The molecule has 1 atom stereocenters. The summed E-state index contributed by atoms with van der Waals surface area (Å²) >= 11 is 0. The second-order valence-electron chi connectivity index (χ2n) is 5.69. The van der Waals surface area contributed by atoms with Crippen LogP contribution in [0.4, 0.5) is 0 Å². The van der Waals surface area contributed by atoms with Crippen LogP contribution in [0.25, 0.3) is 0 Å². The molecule has 18 heavy (non-hydrogen) atoms. The number of rotatable bonds is 3. The molecule has 0 N–H and O–H groups in total. The SMILES string of the molecule is CCC(=O)N1CCCCC1CN1CCN(C)CC1. The highest BCUT2D eigenvalue weighted by atomic mass is 16.2. The monoisotopic (exact) mass is 253 g/mol. The van der Waals surface area contributed by atoms with Crippen LogP contribution in [0.3, 0.4) is 0 Å². The van der Waals surface area contributed by atoms with Gasteiger partial charge in [0.1, 0.15) is 0 Å². The van der Waals surface area contributed by atoms with E-state index in [1.165, 1.54) is 19.3 Å². The van der Waals surface area contributed by atoms with Gasteiger partial charge in [-0.15, -0.1) is 0 Å². The summed E-state index contributed by atoms with van der Waals surface area (Å²) < 4.78 is 0. The summed E-state index contributed by atoms with van der Waals surface area (Å²) in [5.74, 6) is 0.342. The first-order valence-corrected chi connectivity index (χ1v) is 7.41. The van der Waals surface area contributed by atoms with Crippen molar-refractivity contribution in [1.29, 1.82) is 0 Å². The average Bonchev–Trinajstić information content (AvgIpc) is 2.41. The molecule has 0 aromatic rings. The van der Waals surface area contributed by atoms with E-state index in [4.69, 9.17) is 0 Å². The van der Waals surface area contributed by atoms with E-state index < -0.39 is 0 Å². The third-order valence-electron chi connectivity index (χ3n) is 4.31. The normalized spacial score (nSPS) is 27.4. The highest BCUT2D eigenvalue weighted by molar-refractivity contribution is 5.76. The second-order valence-corrected chi connectivity index (χ2v) is 5.69. The van der Waals surface area contributed by atoms with Crippen molar-refractivity contribution in [1.82, 2.24) is 14.7 Å². The Hall–Kier alpha value is -0.610. The maximum Gasteiger partial charge on any atom is 0.222 e. The van der Waals surface area contributed by atoms with Crippen LogP contribution < -0.4 is 0 Å². The third kappa shape index (κ3) is 3.45. The topological polar surface area (TPSA) is 26.8 Å². The van der Waals surface area contributed by atoms with Gasteiger partial charge in [0, 0.05) is 51.7 Å². The molecule has 0 bridgehead atoms. The van der Waals surface area contributed by atoms with Crippen molar-refractivity contribution in [2.45, 2.75) is 38.6 Å². The van der Waals surface area contributed by atoms with E-state index in [0.717, 1.165) is 39.3 Å². The molecule has 0 aromatic carbocycles. The van der Waals surface area contributed by atoms with Gasteiger partial charge in [0.15, 0.2) is 0 Å². The molecule has 1 unspecified atom stereocenters. The molecule has 2 heterocycles. The van der Waals surface area contributed by atoms with Crippen molar-refractivity contribution in [3.8, 4) is 0 Å². The zero-order valence-electron chi connectivity index (χ0n) is 11.9. The van der Waals surface area contributed by atoms with Crippen LogP contribution in [0, 0.1) is 0 Å². The van der Waals surface area contributed by atoms with Gasteiger partial charge >= 0.3 is 0 Å². The number of amides is 1. The number of likely N-dealkylation sites (N-methyl/N-ethyl adjacent to an activating group) is 1. The number of likely N-dealkylation sites (tertiary alicyclic amines) is 1. The summed E-state index contributed by atoms with van der Waals surface area (Å²) in [6.07, 6.45) is 4.31. The van der Waals surface area contributed by atoms with Gasteiger partial charge in [-0.3, -0.25) is 9.69 Å².